The van der Waals surface area contributed by atoms with Gasteiger partial charge in [-0.25, -0.2) is 17.4 Å². The van der Waals surface area contributed by atoms with Crippen LogP contribution in [0.5, 0.6) is 0 Å². The number of anilines is 1. The zero-order chi connectivity index (χ0) is 21.2. The lowest BCUT2D eigenvalue weighted by molar-refractivity contribution is -0.140. The highest BCUT2D eigenvalue weighted by Crippen LogP contribution is 2.28. The number of aromatic nitrogens is 2. The van der Waals surface area contributed by atoms with Gasteiger partial charge in [0, 0.05) is 31.9 Å². The van der Waals surface area contributed by atoms with Gasteiger partial charge in [0.1, 0.15) is 5.15 Å². The van der Waals surface area contributed by atoms with Gasteiger partial charge in [-0.05, 0) is 55.3 Å². The van der Waals surface area contributed by atoms with E-state index in [0.29, 0.717) is 29.6 Å². The number of carbonyl (C=O) groups excluding carboxylic acids is 1. The van der Waals surface area contributed by atoms with Gasteiger partial charge in [-0.15, -0.1) is 0 Å². The fraction of sp³-hybridized carbons (Fsp3) is 0.300. The summed E-state index contributed by atoms with van der Waals surface area (Å²) in [6.07, 6.45) is 1.02. The Balaban J connectivity index is 2.07. The maximum Gasteiger partial charge on any atom is 0.305 e. The molecule has 3 rings (SSSR count). The van der Waals surface area contributed by atoms with Crippen molar-refractivity contribution in [2.45, 2.75) is 24.2 Å². The van der Waals surface area contributed by atoms with Crippen LogP contribution in [0.2, 0.25) is 5.15 Å². The van der Waals surface area contributed by atoms with Crippen molar-refractivity contribution in [3.8, 4) is 0 Å². The van der Waals surface area contributed by atoms with Crippen molar-refractivity contribution in [2.75, 3.05) is 26.1 Å². The van der Waals surface area contributed by atoms with E-state index in [4.69, 9.17) is 11.6 Å². The van der Waals surface area contributed by atoms with Gasteiger partial charge in [-0.3, -0.25) is 4.79 Å². The number of rotatable bonds is 7. The summed E-state index contributed by atoms with van der Waals surface area (Å²) in [5.41, 5.74) is 2.36. The highest BCUT2D eigenvalue weighted by molar-refractivity contribution is 7.90. The number of methoxy groups -OCH3 is 1. The Kier molecular flexibility index (Phi) is 6.14. The zero-order valence-electron chi connectivity index (χ0n) is 16.4. The van der Waals surface area contributed by atoms with Gasteiger partial charge in [-0.2, -0.15) is 0 Å². The molecule has 0 bridgehead atoms. The first kappa shape index (κ1) is 21.1. The molecule has 2 heterocycles. The number of esters is 1. The Bertz CT molecular complexity index is 1140. The molecule has 0 aliphatic rings. The minimum atomic E-state index is -3.87. The molecule has 154 valence electrons. The Morgan fingerprint density at radius 3 is 2.48 bits per heavy atom. The SMILES string of the molecule is COC(=O)CCCc1cc2nc(Cl)ccc2n1S(=O)(=O)c1ccc(N(C)C)cc1. The van der Waals surface area contributed by atoms with E-state index in [9.17, 15) is 13.2 Å². The summed E-state index contributed by atoms with van der Waals surface area (Å²) < 4.78 is 32.8. The molecule has 0 fully saturated rings. The summed E-state index contributed by atoms with van der Waals surface area (Å²) in [7, 11) is 1.23. The maximum absolute atomic E-state index is 13.4. The maximum atomic E-state index is 13.4. The Morgan fingerprint density at radius 1 is 1.17 bits per heavy atom. The average Bonchev–Trinajstić information content (AvgIpc) is 3.05. The second kappa shape index (κ2) is 8.42. The monoisotopic (exact) mass is 435 g/mol. The number of ether oxygens (including phenoxy) is 1. The Morgan fingerprint density at radius 2 is 1.86 bits per heavy atom. The van der Waals surface area contributed by atoms with Crippen LogP contribution in [0.1, 0.15) is 18.5 Å². The van der Waals surface area contributed by atoms with Gasteiger partial charge in [0.15, 0.2) is 0 Å². The number of hydrogen-bond acceptors (Lipinski definition) is 6. The molecule has 0 saturated carbocycles. The fourth-order valence-corrected chi connectivity index (χ4v) is 4.80. The predicted octanol–water partition coefficient (Wildman–Crippen LogP) is 3.49. The molecule has 0 amide bonds. The third-order valence-corrected chi connectivity index (χ3v) is 6.57. The molecule has 0 N–H and O–H groups in total. The summed E-state index contributed by atoms with van der Waals surface area (Å²) in [6.45, 7) is 0. The van der Waals surface area contributed by atoms with E-state index in [1.807, 2.05) is 19.0 Å². The largest absolute Gasteiger partial charge is 0.469 e. The van der Waals surface area contributed by atoms with Crippen LogP contribution in [0.15, 0.2) is 47.4 Å². The number of carbonyl (C=O) groups is 1. The Labute approximate surface area is 174 Å². The summed E-state index contributed by atoms with van der Waals surface area (Å²) in [4.78, 5) is 17.7. The lowest BCUT2D eigenvalue weighted by Gasteiger charge is -2.15. The Hall–Kier alpha value is -2.58. The van der Waals surface area contributed by atoms with Crippen molar-refractivity contribution in [3.63, 3.8) is 0 Å². The van der Waals surface area contributed by atoms with Crippen LogP contribution < -0.4 is 4.90 Å². The first-order valence-electron chi connectivity index (χ1n) is 9.00. The predicted molar refractivity (Wildman–Crippen MR) is 113 cm³/mol. The average molecular weight is 436 g/mol. The quantitative estimate of drug-likeness (QED) is 0.417. The summed E-state index contributed by atoms with van der Waals surface area (Å²) in [5, 5.41) is 0.281. The lowest BCUT2D eigenvalue weighted by Crippen LogP contribution is -2.16. The summed E-state index contributed by atoms with van der Waals surface area (Å²) >= 11 is 5.99. The van der Waals surface area contributed by atoms with E-state index in [0.717, 1.165) is 5.69 Å². The van der Waals surface area contributed by atoms with Crippen molar-refractivity contribution in [1.29, 1.82) is 0 Å². The van der Waals surface area contributed by atoms with E-state index in [2.05, 4.69) is 9.72 Å². The normalized spacial score (nSPS) is 11.6. The van der Waals surface area contributed by atoms with Crippen molar-refractivity contribution >= 4 is 44.3 Å². The number of fused-ring (bicyclic) bond motifs is 1. The van der Waals surface area contributed by atoms with E-state index in [1.54, 1.807) is 42.5 Å². The second-order valence-corrected chi connectivity index (χ2v) is 8.94. The van der Waals surface area contributed by atoms with Crippen LogP contribution in [0.3, 0.4) is 0 Å². The molecule has 29 heavy (non-hydrogen) atoms. The minimum Gasteiger partial charge on any atom is -0.469 e. The lowest BCUT2D eigenvalue weighted by atomic mass is 10.2. The summed E-state index contributed by atoms with van der Waals surface area (Å²) in [5.74, 6) is -0.337. The highest BCUT2D eigenvalue weighted by Gasteiger charge is 2.24. The molecule has 0 radical (unpaired) electrons. The van der Waals surface area contributed by atoms with Gasteiger partial charge in [0.25, 0.3) is 10.0 Å². The van der Waals surface area contributed by atoms with Gasteiger partial charge >= 0.3 is 5.97 Å². The molecule has 9 heteroatoms. The number of pyridine rings is 1. The number of aryl methyl sites for hydroxylation is 1. The van der Waals surface area contributed by atoms with Crippen molar-refractivity contribution in [2.24, 2.45) is 0 Å². The standard InChI is InChI=1S/C20H22ClN3O4S/c1-23(2)14-7-9-16(10-8-14)29(26,27)24-15(5-4-6-20(25)28-3)13-17-18(24)11-12-19(21)22-17/h7-13H,4-6H2,1-3H3. The topological polar surface area (TPSA) is 81.5 Å². The molecule has 7 nitrogen and oxygen atoms in total. The van der Waals surface area contributed by atoms with E-state index in [-0.39, 0.29) is 22.4 Å². The smallest absolute Gasteiger partial charge is 0.305 e. The fourth-order valence-electron chi connectivity index (χ4n) is 3.09. The van der Waals surface area contributed by atoms with Crippen LogP contribution in [-0.2, 0) is 26.0 Å². The van der Waals surface area contributed by atoms with Crippen molar-refractivity contribution < 1.29 is 17.9 Å². The molecule has 0 saturated heterocycles. The molecule has 3 aromatic rings. The third kappa shape index (κ3) is 4.38. The van der Waals surface area contributed by atoms with Crippen LogP contribution in [-0.4, -0.2) is 44.5 Å². The number of hydrogen-bond donors (Lipinski definition) is 0. The first-order valence-corrected chi connectivity index (χ1v) is 10.8. The van der Waals surface area contributed by atoms with E-state index < -0.39 is 10.0 Å². The zero-order valence-corrected chi connectivity index (χ0v) is 18.0. The highest BCUT2D eigenvalue weighted by atomic mass is 35.5. The van der Waals surface area contributed by atoms with Crippen LogP contribution in [0, 0.1) is 0 Å². The summed E-state index contributed by atoms with van der Waals surface area (Å²) in [6, 6.07) is 11.6. The minimum absolute atomic E-state index is 0.171. The molecular formula is C20H22ClN3O4S. The second-order valence-electron chi connectivity index (χ2n) is 6.76. The molecule has 0 atom stereocenters. The van der Waals surface area contributed by atoms with E-state index >= 15 is 0 Å². The molecule has 0 unspecified atom stereocenters. The molecule has 1 aromatic carbocycles. The van der Waals surface area contributed by atoms with Crippen LogP contribution in [0.4, 0.5) is 5.69 Å². The molecule has 0 spiro atoms. The van der Waals surface area contributed by atoms with Gasteiger partial charge < -0.3 is 9.64 Å². The van der Waals surface area contributed by atoms with Crippen molar-refractivity contribution in [3.05, 3.63) is 53.3 Å². The number of benzene rings is 1. The van der Waals surface area contributed by atoms with Crippen molar-refractivity contribution in [1.82, 2.24) is 8.96 Å². The third-order valence-electron chi connectivity index (χ3n) is 4.58. The number of nitrogens with zero attached hydrogens (tertiary/aromatic N) is 3. The molecule has 0 aliphatic heterocycles. The van der Waals surface area contributed by atoms with Crippen LogP contribution in [0.25, 0.3) is 11.0 Å². The van der Waals surface area contributed by atoms with E-state index in [1.165, 1.54) is 11.1 Å². The van der Waals surface area contributed by atoms with Gasteiger partial charge in [-0.1, -0.05) is 11.6 Å². The van der Waals surface area contributed by atoms with Gasteiger partial charge in [0.05, 0.1) is 23.0 Å². The van der Waals surface area contributed by atoms with Crippen LogP contribution >= 0.6 is 11.6 Å². The molecular weight excluding hydrogens is 414 g/mol. The molecule has 2 aromatic heterocycles. The van der Waals surface area contributed by atoms with Gasteiger partial charge in [0.2, 0.25) is 0 Å². The first-order chi connectivity index (χ1) is 13.7. The number of halogens is 1. The molecule has 0 aliphatic carbocycles.